The number of amides is 2. The quantitative estimate of drug-likeness (QED) is 0.789. The fourth-order valence-electron chi connectivity index (χ4n) is 3.06. The lowest BCUT2D eigenvalue weighted by Crippen LogP contribution is -2.39. The number of benzene rings is 2. The third kappa shape index (κ3) is 5.40. The molecule has 2 amide bonds. The van der Waals surface area contributed by atoms with Crippen LogP contribution in [0, 0.1) is 5.92 Å². The zero-order chi connectivity index (χ0) is 19.3. The van der Waals surface area contributed by atoms with Gasteiger partial charge in [0.2, 0.25) is 5.91 Å². The number of sulfone groups is 1. The number of rotatable bonds is 6. The minimum absolute atomic E-state index is 0.0415. The minimum atomic E-state index is -2.95. The van der Waals surface area contributed by atoms with E-state index < -0.39 is 9.84 Å². The van der Waals surface area contributed by atoms with Crippen molar-refractivity contribution >= 4 is 21.7 Å². The lowest BCUT2D eigenvalue weighted by molar-refractivity contribution is -0.120. The highest BCUT2D eigenvalue weighted by molar-refractivity contribution is 7.91. The van der Waals surface area contributed by atoms with E-state index in [-0.39, 0.29) is 35.8 Å². The molecule has 0 spiro atoms. The molecule has 1 aliphatic rings. The summed E-state index contributed by atoms with van der Waals surface area (Å²) in [7, 11) is -2.95. The lowest BCUT2D eigenvalue weighted by Gasteiger charge is -2.10. The first-order valence-corrected chi connectivity index (χ1v) is 10.7. The van der Waals surface area contributed by atoms with Gasteiger partial charge in [0.15, 0.2) is 9.84 Å². The molecular formula is C20H22N2O4S. The third-order valence-electron chi connectivity index (χ3n) is 4.58. The Balaban J connectivity index is 1.45. The molecule has 7 heteroatoms. The zero-order valence-corrected chi connectivity index (χ0v) is 15.7. The monoisotopic (exact) mass is 386 g/mol. The SMILES string of the molecule is O=C(CNC(=O)c1ccc(-c2ccccc2)cc1)NCC1CCS(=O)(=O)C1. The van der Waals surface area contributed by atoms with Crippen molar-refractivity contribution in [2.45, 2.75) is 6.42 Å². The molecular weight excluding hydrogens is 364 g/mol. The third-order valence-corrected chi connectivity index (χ3v) is 6.42. The maximum Gasteiger partial charge on any atom is 0.251 e. The van der Waals surface area contributed by atoms with Gasteiger partial charge in [0, 0.05) is 12.1 Å². The van der Waals surface area contributed by atoms with Gasteiger partial charge in [-0.25, -0.2) is 8.42 Å². The molecule has 0 bridgehead atoms. The Morgan fingerprint density at radius 3 is 2.22 bits per heavy atom. The van der Waals surface area contributed by atoms with E-state index >= 15 is 0 Å². The van der Waals surface area contributed by atoms with Gasteiger partial charge in [0.25, 0.3) is 5.91 Å². The van der Waals surface area contributed by atoms with E-state index in [1.807, 2.05) is 42.5 Å². The van der Waals surface area contributed by atoms with Gasteiger partial charge in [0.05, 0.1) is 18.1 Å². The van der Waals surface area contributed by atoms with Gasteiger partial charge >= 0.3 is 0 Å². The van der Waals surface area contributed by atoms with E-state index in [0.717, 1.165) is 11.1 Å². The number of nitrogens with one attached hydrogen (secondary N) is 2. The van der Waals surface area contributed by atoms with Crippen molar-refractivity contribution in [3.8, 4) is 11.1 Å². The Morgan fingerprint density at radius 2 is 1.59 bits per heavy atom. The summed E-state index contributed by atoms with van der Waals surface area (Å²) in [6.07, 6.45) is 0.572. The summed E-state index contributed by atoms with van der Waals surface area (Å²) in [6, 6.07) is 17.0. The lowest BCUT2D eigenvalue weighted by atomic mass is 10.0. The molecule has 2 aromatic rings. The smallest absolute Gasteiger partial charge is 0.251 e. The largest absolute Gasteiger partial charge is 0.354 e. The molecule has 0 radical (unpaired) electrons. The summed E-state index contributed by atoms with van der Waals surface area (Å²) >= 11 is 0. The van der Waals surface area contributed by atoms with Crippen molar-refractivity contribution in [1.29, 1.82) is 0 Å². The summed E-state index contributed by atoms with van der Waals surface area (Å²) in [5, 5.41) is 5.26. The minimum Gasteiger partial charge on any atom is -0.354 e. The van der Waals surface area contributed by atoms with Crippen LogP contribution < -0.4 is 10.6 Å². The molecule has 142 valence electrons. The van der Waals surface area contributed by atoms with Gasteiger partial charge in [0.1, 0.15) is 0 Å². The molecule has 1 unspecified atom stereocenters. The molecule has 1 heterocycles. The molecule has 2 N–H and O–H groups in total. The summed E-state index contributed by atoms with van der Waals surface area (Å²) in [4.78, 5) is 24.0. The average Bonchev–Trinajstić information content (AvgIpc) is 3.04. The highest BCUT2D eigenvalue weighted by atomic mass is 32.2. The van der Waals surface area contributed by atoms with Crippen molar-refractivity contribution in [3.05, 3.63) is 60.2 Å². The molecule has 1 aliphatic heterocycles. The fourth-order valence-corrected chi connectivity index (χ4v) is 4.92. The fraction of sp³-hybridized carbons (Fsp3) is 0.300. The first kappa shape index (κ1) is 19.1. The van der Waals surface area contributed by atoms with Crippen LogP contribution >= 0.6 is 0 Å². The van der Waals surface area contributed by atoms with Crippen LogP contribution in [0.1, 0.15) is 16.8 Å². The van der Waals surface area contributed by atoms with E-state index in [1.54, 1.807) is 12.1 Å². The normalized spacial score (nSPS) is 18.0. The summed E-state index contributed by atoms with van der Waals surface area (Å²) in [5.41, 5.74) is 2.55. The van der Waals surface area contributed by atoms with Crippen molar-refractivity contribution in [1.82, 2.24) is 10.6 Å². The summed E-state index contributed by atoms with van der Waals surface area (Å²) in [6.45, 7) is 0.179. The van der Waals surface area contributed by atoms with Gasteiger partial charge in [-0.1, -0.05) is 42.5 Å². The number of hydrogen-bond donors (Lipinski definition) is 2. The van der Waals surface area contributed by atoms with Crippen molar-refractivity contribution in [2.75, 3.05) is 24.6 Å². The van der Waals surface area contributed by atoms with Crippen LogP contribution in [0.25, 0.3) is 11.1 Å². The first-order chi connectivity index (χ1) is 12.9. The van der Waals surface area contributed by atoms with Gasteiger partial charge in [-0.3, -0.25) is 9.59 Å². The van der Waals surface area contributed by atoms with Gasteiger partial charge in [-0.05, 0) is 35.6 Å². The summed E-state index contributed by atoms with van der Waals surface area (Å²) < 4.78 is 22.8. The van der Waals surface area contributed by atoms with E-state index in [4.69, 9.17) is 0 Å². The molecule has 6 nitrogen and oxygen atoms in total. The van der Waals surface area contributed by atoms with E-state index in [2.05, 4.69) is 10.6 Å². The van der Waals surface area contributed by atoms with Crippen LogP contribution in [0.2, 0.25) is 0 Å². The predicted octanol–water partition coefficient (Wildman–Crippen LogP) is 1.63. The van der Waals surface area contributed by atoms with Crippen LogP contribution in [-0.4, -0.2) is 44.8 Å². The standard InChI is InChI=1S/C20H22N2O4S/c23-19(21-12-15-10-11-27(25,26)14-15)13-22-20(24)18-8-6-17(7-9-18)16-4-2-1-3-5-16/h1-9,15H,10-14H2,(H,21,23)(H,22,24). The van der Waals surface area contributed by atoms with Crippen LogP contribution in [0.3, 0.4) is 0 Å². The Bertz CT molecular complexity index is 909. The molecule has 1 atom stereocenters. The average molecular weight is 386 g/mol. The topological polar surface area (TPSA) is 92.3 Å². The maximum atomic E-state index is 12.2. The van der Waals surface area contributed by atoms with Crippen LogP contribution in [0.5, 0.6) is 0 Å². The predicted molar refractivity (Wildman–Crippen MR) is 104 cm³/mol. The molecule has 27 heavy (non-hydrogen) atoms. The van der Waals surface area contributed by atoms with Crippen LogP contribution in [-0.2, 0) is 14.6 Å². The maximum absolute atomic E-state index is 12.2. The Labute approximate surface area is 158 Å². The van der Waals surface area contributed by atoms with E-state index in [0.29, 0.717) is 18.5 Å². The second-order valence-corrected chi connectivity index (χ2v) is 8.93. The second kappa shape index (κ2) is 8.35. The Hall–Kier alpha value is -2.67. The molecule has 1 fully saturated rings. The molecule has 0 aromatic heterocycles. The van der Waals surface area contributed by atoms with E-state index in [9.17, 15) is 18.0 Å². The molecule has 0 aliphatic carbocycles. The summed E-state index contributed by atoms with van der Waals surface area (Å²) in [5.74, 6) is -0.390. The zero-order valence-electron chi connectivity index (χ0n) is 14.9. The van der Waals surface area contributed by atoms with Gasteiger partial charge < -0.3 is 10.6 Å². The van der Waals surface area contributed by atoms with Crippen molar-refractivity contribution < 1.29 is 18.0 Å². The number of carbonyl (C=O) groups is 2. The highest BCUT2D eigenvalue weighted by Crippen LogP contribution is 2.19. The molecule has 0 saturated carbocycles. The number of carbonyl (C=O) groups excluding carboxylic acids is 2. The van der Waals surface area contributed by atoms with Crippen molar-refractivity contribution in [3.63, 3.8) is 0 Å². The Kier molecular flexibility index (Phi) is 5.91. The van der Waals surface area contributed by atoms with Gasteiger partial charge in [-0.15, -0.1) is 0 Å². The molecule has 1 saturated heterocycles. The highest BCUT2D eigenvalue weighted by Gasteiger charge is 2.27. The second-order valence-electron chi connectivity index (χ2n) is 6.70. The van der Waals surface area contributed by atoms with Gasteiger partial charge in [-0.2, -0.15) is 0 Å². The molecule has 2 aromatic carbocycles. The van der Waals surface area contributed by atoms with Crippen LogP contribution in [0.4, 0.5) is 0 Å². The van der Waals surface area contributed by atoms with Crippen LogP contribution in [0.15, 0.2) is 54.6 Å². The Morgan fingerprint density at radius 1 is 0.926 bits per heavy atom. The van der Waals surface area contributed by atoms with E-state index in [1.165, 1.54) is 0 Å². The first-order valence-electron chi connectivity index (χ1n) is 8.84. The molecule has 3 rings (SSSR count). The number of hydrogen-bond acceptors (Lipinski definition) is 4. The van der Waals surface area contributed by atoms with Crippen molar-refractivity contribution in [2.24, 2.45) is 5.92 Å².